The number of carboxylic acids is 1. The maximum absolute atomic E-state index is 12.6. The van der Waals surface area contributed by atoms with Crippen molar-refractivity contribution >= 4 is 22.4 Å². The van der Waals surface area contributed by atoms with Crippen molar-refractivity contribution in [1.82, 2.24) is 4.98 Å². The summed E-state index contributed by atoms with van der Waals surface area (Å²) < 4.78 is 37.8. The third-order valence-corrected chi connectivity index (χ3v) is 3.70. The molecule has 0 saturated heterocycles. The van der Waals surface area contributed by atoms with E-state index in [1.54, 1.807) is 27.7 Å². The van der Waals surface area contributed by atoms with Crippen molar-refractivity contribution in [2.24, 2.45) is 0 Å². The molecule has 0 aromatic carbocycles. The predicted molar refractivity (Wildman–Crippen MR) is 71.7 cm³/mol. The molecular formula is C12H17F3N2O2S. The molecule has 0 radical (unpaired) electrons. The standard InChI is InChI=1S/C12H17F3N2O2S/c1-6(2)8-9(10(18)19)20-11(16-8)17(7(3)4)5-12(13,14)15/h6-7H,5H2,1-4H3,(H,18,19). The summed E-state index contributed by atoms with van der Waals surface area (Å²) >= 11 is 0.788. The van der Waals surface area contributed by atoms with Crippen LogP contribution >= 0.6 is 11.3 Å². The second kappa shape index (κ2) is 5.99. The first-order valence-corrected chi connectivity index (χ1v) is 6.92. The summed E-state index contributed by atoms with van der Waals surface area (Å²) in [7, 11) is 0. The van der Waals surface area contributed by atoms with E-state index in [4.69, 9.17) is 5.11 Å². The first-order valence-electron chi connectivity index (χ1n) is 6.10. The minimum absolute atomic E-state index is 0.00262. The number of nitrogens with zero attached hydrogens (tertiary/aromatic N) is 2. The zero-order valence-corrected chi connectivity index (χ0v) is 12.5. The number of carbonyl (C=O) groups is 1. The zero-order chi connectivity index (χ0) is 15.7. The van der Waals surface area contributed by atoms with Gasteiger partial charge in [-0.15, -0.1) is 0 Å². The number of carboxylic acid groups (broad SMARTS) is 1. The highest BCUT2D eigenvalue weighted by Crippen LogP contribution is 2.33. The van der Waals surface area contributed by atoms with Gasteiger partial charge in [0.05, 0.1) is 5.69 Å². The van der Waals surface area contributed by atoms with Crippen molar-refractivity contribution in [2.45, 2.75) is 45.8 Å². The third kappa shape index (κ3) is 4.09. The van der Waals surface area contributed by atoms with Gasteiger partial charge < -0.3 is 10.0 Å². The molecule has 4 nitrogen and oxygen atoms in total. The Morgan fingerprint density at radius 3 is 2.20 bits per heavy atom. The highest BCUT2D eigenvalue weighted by molar-refractivity contribution is 7.17. The fourth-order valence-electron chi connectivity index (χ4n) is 1.65. The van der Waals surface area contributed by atoms with Gasteiger partial charge >= 0.3 is 12.1 Å². The van der Waals surface area contributed by atoms with E-state index in [-0.39, 0.29) is 15.9 Å². The lowest BCUT2D eigenvalue weighted by Crippen LogP contribution is -2.39. The molecule has 0 unspecified atom stereocenters. The van der Waals surface area contributed by atoms with Gasteiger partial charge in [-0.1, -0.05) is 25.2 Å². The van der Waals surface area contributed by atoms with Gasteiger partial charge in [-0.25, -0.2) is 9.78 Å². The van der Waals surface area contributed by atoms with Crippen LogP contribution in [-0.4, -0.2) is 34.8 Å². The Bertz CT molecular complexity index is 484. The van der Waals surface area contributed by atoms with Crippen molar-refractivity contribution in [2.75, 3.05) is 11.4 Å². The number of hydrogen-bond acceptors (Lipinski definition) is 4. The summed E-state index contributed by atoms with van der Waals surface area (Å²) in [5, 5.41) is 9.21. The van der Waals surface area contributed by atoms with Crippen molar-refractivity contribution < 1.29 is 23.1 Å². The van der Waals surface area contributed by atoms with Crippen LogP contribution in [0.5, 0.6) is 0 Å². The first-order chi connectivity index (χ1) is 9.03. The van der Waals surface area contributed by atoms with Crippen LogP contribution in [0.1, 0.15) is 49.0 Å². The average Bonchev–Trinajstić information content (AvgIpc) is 2.68. The van der Waals surface area contributed by atoms with Crippen LogP contribution in [0.15, 0.2) is 0 Å². The smallest absolute Gasteiger partial charge is 0.406 e. The van der Waals surface area contributed by atoms with E-state index in [1.165, 1.54) is 0 Å². The van der Waals surface area contributed by atoms with Gasteiger partial charge in [0.1, 0.15) is 11.4 Å². The van der Waals surface area contributed by atoms with Gasteiger partial charge in [0.15, 0.2) is 5.13 Å². The molecule has 1 rings (SSSR count). The summed E-state index contributed by atoms with van der Waals surface area (Å²) in [5.74, 6) is -1.32. The predicted octanol–water partition coefficient (Wildman–Crippen LogP) is 3.74. The quantitative estimate of drug-likeness (QED) is 0.900. The number of hydrogen-bond donors (Lipinski definition) is 1. The highest BCUT2D eigenvalue weighted by atomic mass is 32.1. The van der Waals surface area contributed by atoms with Gasteiger partial charge in [-0.05, 0) is 19.8 Å². The number of anilines is 1. The van der Waals surface area contributed by atoms with E-state index in [2.05, 4.69) is 4.98 Å². The van der Waals surface area contributed by atoms with Crippen LogP contribution in [0, 0.1) is 0 Å². The van der Waals surface area contributed by atoms with E-state index in [1.807, 2.05) is 0 Å². The zero-order valence-electron chi connectivity index (χ0n) is 11.7. The van der Waals surface area contributed by atoms with E-state index in [0.29, 0.717) is 5.69 Å². The van der Waals surface area contributed by atoms with Crippen molar-refractivity contribution in [3.8, 4) is 0 Å². The van der Waals surface area contributed by atoms with E-state index < -0.39 is 24.7 Å². The van der Waals surface area contributed by atoms with Crippen LogP contribution in [0.4, 0.5) is 18.3 Å². The summed E-state index contributed by atoms with van der Waals surface area (Å²) in [6, 6.07) is -0.426. The SMILES string of the molecule is CC(C)c1nc(N(CC(F)(F)F)C(C)C)sc1C(=O)O. The van der Waals surface area contributed by atoms with Gasteiger partial charge in [0, 0.05) is 6.04 Å². The number of alkyl halides is 3. The molecule has 1 aromatic rings. The van der Waals surface area contributed by atoms with E-state index in [9.17, 15) is 18.0 Å². The molecular weight excluding hydrogens is 293 g/mol. The van der Waals surface area contributed by atoms with Gasteiger partial charge in [-0.3, -0.25) is 0 Å². The van der Waals surface area contributed by atoms with Crippen molar-refractivity contribution in [1.29, 1.82) is 0 Å². The number of aromatic nitrogens is 1. The first kappa shape index (κ1) is 16.7. The normalized spacial score (nSPS) is 12.2. The lowest BCUT2D eigenvalue weighted by atomic mass is 10.1. The topological polar surface area (TPSA) is 53.4 Å². The Balaban J connectivity index is 3.21. The molecule has 114 valence electrons. The van der Waals surface area contributed by atoms with Crippen molar-refractivity contribution in [3.63, 3.8) is 0 Å². The second-order valence-corrected chi connectivity index (χ2v) is 5.99. The maximum Gasteiger partial charge on any atom is 0.406 e. The van der Waals surface area contributed by atoms with Gasteiger partial charge in [0.25, 0.3) is 0 Å². The van der Waals surface area contributed by atoms with E-state index >= 15 is 0 Å². The minimum Gasteiger partial charge on any atom is -0.477 e. The molecule has 8 heteroatoms. The summed E-state index contributed by atoms with van der Waals surface area (Å²) in [6.45, 7) is 5.60. The van der Waals surface area contributed by atoms with Crippen molar-refractivity contribution in [3.05, 3.63) is 10.6 Å². The molecule has 0 amide bonds. The Hall–Kier alpha value is -1.31. The second-order valence-electron chi connectivity index (χ2n) is 5.01. The van der Waals surface area contributed by atoms with Crippen LogP contribution in [0.3, 0.4) is 0 Å². The largest absolute Gasteiger partial charge is 0.477 e. The molecule has 0 aliphatic rings. The van der Waals surface area contributed by atoms with Crippen LogP contribution in [-0.2, 0) is 0 Å². The lowest BCUT2D eigenvalue weighted by Gasteiger charge is -2.27. The number of rotatable bonds is 5. The van der Waals surface area contributed by atoms with Crippen LogP contribution in [0.2, 0.25) is 0 Å². The Morgan fingerprint density at radius 1 is 1.35 bits per heavy atom. The fraction of sp³-hybridized carbons (Fsp3) is 0.667. The number of halogens is 3. The molecule has 0 saturated carbocycles. The summed E-state index contributed by atoms with van der Waals surface area (Å²) in [4.78, 5) is 16.3. The molecule has 1 aromatic heterocycles. The number of aromatic carboxylic acids is 1. The maximum atomic E-state index is 12.6. The molecule has 0 fully saturated rings. The lowest BCUT2D eigenvalue weighted by molar-refractivity contribution is -0.120. The summed E-state index contributed by atoms with van der Waals surface area (Å²) in [5.41, 5.74) is 0.324. The third-order valence-electron chi connectivity index (χ3n) is 2.60. The molecule has 0 spiro atoms. The van der Waals surface area contributed by atoms with E-state index in [0.717, 1.165) is 16.2 Å². The molecule has 0 bridgehead atoms. The highest BCUT2D eigenvalue weighted by Gasteiger charge is 2.34. The number of thiazole rings is 1. The molecule has 20 heavy (non-hydrogen) atoms. The average molecular weight is 310 g/mol. The Morgan fingerprint density at radius 2 is 1.90 bits per heavy atom. The minimum atomic E-state index is -4.36. The summed E-state index contributed by atoms with van der Waals surface area (Å²) in [6.07, 6.45) is -4.36. The molecule has 1 heterocycles. The van der Waals surface area contributed by atoms with Gasteiger partial charge in [0.2, 0.25) is 0 Å². The molecule has 0 aliphatic heterocycles. The van der Waals surface area contributed by atoms with Crippen LogP contribution in [0.25, 0.3) is 0 Å². The van der Waals surface area contributed by atoms with Gasteiger partial charge in [-0.2, -0.15) is 13.2 Å². The Kier molecular flexibility index (Phi) is 5.01. The molecule has 0 aliphatic carbocycles. The molecule has 1 N–H and O–H groups in total. The monoisotopic (exact) mass is 310 g/mol. The Labute approximate surface area is 119 Å². The van der Waals surface area contributed by atoms with Crippen LogP contribution < -0.4 is 4.90 Å². The molecule has 0 atom stereocenters. The fourth-order valence-corrected chi connectivity index (χ4v) is 2.84.